The first-order valence-corrected chi connectivity index (χ1v) is 13.0. The lowest BCUT2D eigenvalue weighted by molar-refractivity contribution is -0.385. The van der Waals surface area contributed by atoms with Crippen LogP contribution < -0.4 is 0 Å². The zero-order valence-corrected chi connectivity index (χ0v) is 22.7. The van der Waals surface area contributed by atoms with Gasteiger partial charge >= 0.3 is 5.97 Å². The van der Waals surface area contributed by atoms with Crippen LogP contribution in [0.2, 0.25) is 0 Å². The highest BCUT2D eigenvalue weighted by Gasteiger charge is 2.24. The summed E-state index contributed by atoms with van der Waals surface area (Å²) in [6, 6.07) is 25.8. The van der Waals surface area contributed by atoms with E-state index in [1.807, 2.05) is 43.3 Å². The van der Waals surface area contributed by atoms with E-state index in [2.05, 4.69) is 5.16 Å². The van der Waals surface area contributed by atoms with Gasteiger partial charge in [0.05, 0.1) is 4.92 Å². The number of rotatable bonds is 9. The topological polar surface area (TPSA) is 116 Å². The summed E-state index contributed by atoms with van der Waals surface area (Å²) < 4.78 is 0. The molecule has 200 valence electrons. The van der Waals surface area contributed by atoms with Crippen LogP contribution in [0.4, 0.5) is 5.69 Å². The van der Waals surface area contributed by atoms with Crippen molar-refractivity contribution in [1.29, 1.82) is 0 Å². The van der Waals surface area contributed by atoms with Gasteiger partial charge in [-0.3, -0.25) is 19.7 Å². The Hall–Kier alpha value is -4.89. The molecule has 0 spiro atoms. The molecular weight excluding hydrogens is 528 g/mol. The Morgan fingerprint density at radius 3 is 1.93 bits per heavy atom. The molecule has 0 fully saturated rings. The summed E-state index contributed by atoms with van der Waals surface area (Å²) in [6.45, 7) is 4.55. The van der Waals surface area contributed by atoms with Crippen molar-refractivity contribution in [3.8, 4) is 0 Å². The molecule has 0 unspecified atom stereocenters. The second-order valence-corrected chi connectivity index (χ2v) is 10.0. The first-order valence-electron chi connectivity index (χ1n) is 12.2. The number of ketones is 2. The van der Waals surface area contributed by atoms with Crippen LogP contribution in [0.5, 0.6) is 0 Å². The molecule has 0 aliphatic heterocycles. The van der Waals surface area contributed by atoms with Crippen molar-refractivity contribution >= 4 is 40.7 Å². The van der Waals surface area contributed by atoms with E-state index in [4.69, 9.17) is 4.84 Å². The fourth-order valence-corrected chi connectivity index (χ4v) is 4.82. The highest BCUT2D eigenvalue weighted by molar-refractivity contribution is 7.99. The van der Waals surface area contributed by atoms with E-state index in [0.717, 1.165) is 22.3 Å². The van der Waals surface area contributed by atoms with E-state index in [9.17, 15) is 24.5 Å². The molecule has 4 aromatic carbocycles. The second-order valence-electron chi connectivity index (χ2n) is 8.85. The Balaban J connectivity index is 1.54. The summed E-state index contributed by atoms with van der Waals surface area (Å²) in [6.07, 6.45) is 0. The smallest absolute Gasteiger partial charge is 0.318 e. The molecule has 0 bridgehead atoms. The van der Waals surface area contributed by atoms with E-state index >= 15 is 0 Å². The molecule has 0 aliphatic carbocycles. The number of hydrogen-bond acceptors (Lipinski definition) is 8. The van der Waals surface area contributed by atoms with Gasteiger partial charge in [-0.15, -0.1) is 0 Å². The normalized spacial score (nSPS) is 11.1. The van der Waals surface area contributed by atoms with Gasteiger partial charge in [0.2, 0.25) is 5.78 Å². The SMILES string of the molecule is CC(=O)O/N=C(/C(=O)c1ccc(Sc2ccc(C(=O)c3ccccc3C)cc2)cc1)c1cccc([N+](=O)[O-])c1C. The van der Waals surface area contributed by atoms with Crippen LogP contribution in [-0.4, -0.2) is 28.2 Å². The molecule has 0 saturated carbocycles. The van der Waals surface area contributed by atoms with Gasteiger partial charge in [-0.2, -0.15) is 0 Å². The monoisotopic (exact) mass is 552 g/mol. The minimum Gasteiger partial charge on any atom is -0.318 e. The van der Waals surface area contributed by atoms with Crippen LogP contribution in [0.1, 0.15) is 49.9 Å². The minimum absolute atomic E-state index is 0.0391. The summed E-state index contributed by atoms with van der Waals surface area (Å²) in [5.41, 5.74) is 2.46. The first-order chi connectivity index (χ1) is 19.2. The van der Waals surface area contributed by atoms with Crippen molar-refractivity contribution < 1.29 is 24.1 Å². The molecule has 9 heteroatoms. The van der Waals surface area contributed by atoms with E-state index < -0.39 is 16.7 Å². The number of Topliss-reactive ketones (excluding diaryl/α,β-unsaturated/α-hetero) is 1. The second kappa shape index (κ2) is 12.3. The predicted octanol–water partition coefficient (Wildman–Crippen LogP) is 6.74. The van der Waals surface area contributed by atoms with Gasteiger partial charge in [0.15, 0.2) is 11.5 Å². The lowest BCUT2D eigenvalue weighted by Crippen LogP contribution is -2.18. The van der Waals surface area contributed by atoms with Gasteiger partial charge in [-0.1, -0.05) is 53.3 Å². The van der Waals surface area contributed by atoms with E-state index in [-0.39, 0.29) is 33.9 Å². The van der Waals surface area contributed by atoms with Crippen molar-refractivity contribution in [2.24, 2.45) is 5.16 Å². The largest absolute Gasteiger partial charge is 0.332 e. The van der Waals surface area contributed by atoms with Crippen molar-refractivity contribution in [3.05, 3.63) is 134 Å². The number of benzene rings is 4. The molecule has 0 atom stereocenters. The molecule has 0 saturated heterocycles. The average Bonchev–Trinajstić information content (AvgIpc) is 2.94. The zero-order chi connectivity index (χ0) is 28.8. The molecule has 0 N–H and O–H groups in total. The predicted molar refractivity (Wildman–Crippen MR) is 152 cm³/mol. The van der Waals surface area contributed by atoms with Crippen molar-refractivity contribution in [2.75, 3.05) is 0 Å². The molecular formula is C31H24N2O6S. The fraction of sp³-hybridized carbons (Fsp3) is 0.0968. The van der Waals surface area contributed by atoms with Crippen LogP contribution in [0.25, 0.3) is 0 Å². The average molecular weight is 553 g/mol. The maximum absolute atomic E-state index is 13.4. The van der Waals surface area contributed by atoms with Crippen LogP contribution in [0.3, 0.4) is 0 Å². The molecule has 0 amide bonds. The molecule has 0 heterocycles. The van der Waals surface area contributed by atoms with E-state index in [1.165, 1.54) is 36.9 Å². The highest BCUT2D eigenvalue weighted by Crippen LogP contribution is 2.29. The third-order valence-electron chi connectivity index (χ3n) is 6.10. The fourth-order valence-electron chi connectivity index (χ4n) is 4.01. The number of nitro groups is 1. The Morgan fingerprint density at radius 1 is 0.775 bits per heavy atom. The van der Waals surface area contributed by atoms with Gasteiger partial charge in [0.25, 0.3) is 5.69 Å². The van der Waals surface area contributed by atoms with Gasteiger partial charge in [0, 0.05) is 50.6 Å². The summed E-state index contributed by atoms with van der Waals surface area (Å²) >= 11 is 1.46. The third-order valence-corrected chi connectivity index (χ3v) is 7.11. The Bertz CT molecular complexity index is 1640. The molecule has 8 nitrogen and oxygen atoms in total. The van der Waals surface area contributed by atoms with Gasteiger partial charge in [0.1, 0.15) is 0 Å². The lowest BCUT2D eigenvalue weighted by atomic mass is 9.96. The van der Waals surface area contributed by atoms with Crippen LogP contribution >= 0.6 is 11.8 Å². The Labute approximate surface area is 234 Å². The number of hydrogen-bond donors (Lipinski definition) is 0. The van der Waals surface area contributed by atoms with Gasteiger partial charge < -0.3 is 4.84 Å². The van der Waals surface area contributed by atoms with E-state index in [1.54, 1.807) is 36.4 Å². The van der Waals surface area contributed by atoms with Crippen LogP contribution in [0.15, 0.2) is 106 Å². The quantitative estimate of drug-likeness (QED) is 0.0742. The summed E-state index contributed by atoms with van der Waals surface area (Å²) in [5.74, 6) is -1.32. The number of carbonyl (C=O) groups excluding carboxylic acids is 3. The van der Waals surface area contributed by atoms with Crippen molar-refractivity contribution in [1.82, 2.24) is 0 Å². The molecule has 4 rings (SSSR count). The number of nitro benzene ring substituents is 1. The number of oxime groups is 1. The lowest BCUT2D eigenvalue weighted by Gasteiger charge is -2.10. The third kappa shape index (κ3) is 6.39. The Kier molecular flexibility index (Phi) is 8.66. The molecule has 0 aliphatic rings. The highest BCUT2D eigenvalue weighted by atomic mass is 32.2. The molecule has 0 aromatic heterocycles. The Morgan fingerprint density at radius 2 is 1.35 bits per heavy atom. The summed E-state index contributed by atoms with van der Waals surface area (Å²) in [7, 11) is 0. The van der Waals surface area contributed by atoms with Crippen LogP contribution in [-0.2, 0) is 9.63 Å². The van der Waals surface area contributed by atoms with Gasteiger partial charge in [-0.25, -0.2) is 4.79 Å². The number of nitrogens with zero attached hydrogens (tertiary/aromatic N) is 2. The maximum Gasteiger partial charge on any atom is 0.332 e. The van der Waals surface area contributed by atoms with Crippen LogP contribution in [0, 0.1) is 24.0 Å². The van der Waals surface area contributed by atoms with E-state index in [0.29, 0.717) is 11.1 Å². The summed E-state index contributed by atoms with van der Waals surface area (Å²) in [4.78, 5) is 55.0. The maximum atomic E-state index is 13.4. The molecule has 40 heavy (non-hydrogen) atoms. The standard InChI is InChI=1S/C31H24N2O6S/c1-19-7-4-5-8-26(19)30(35)22-11-15-24(16-12-22)40-25-17-13-23(14-18-25)31(36)29(32-39-21(3)34)27-9-6-10-28(20(27)2)33(37)38/h4-18H,1-3H3/b32-29+. The summed E-state index contributed by atoms with van der Waals surface area (Å²) in [5, 5.41) is 15.1. The zero-order valence-electron chi connectivity index (χ0n) is 21.9. The minimum atomic E-state index is -0.730. The number of aryl methyl sites for hydroxylation is 1. The number of carbonyl (C=O) groups is 3. The molecule has 4 aromatic rings. The van der Waals surface area contributed by atoms with Crippen molar-refractivity contribution in [3.63, 3.8) is 0 Å². The first kappa shape index (κ1) is 28.1. The van der Waals surface area contributed by atoms with Crippen molar-refractivity contribution in [2.45, 2.75) is 30.6 Å². The molecule has 0 radical (unpaired) electrons. The van der Waals surface area contributed by atoms with Gasteiger partial charge in [-0.05, 0) is 67.9 Å².